The maximum Gasteiger partial charge on any atom is 0.236 e. The highest BCUT2D eigenvalue weighted by Gasteiger charge is 2.11. The van der Waals surface area contributed by atoms with Gasteiger partial charge in [0, 0.05) is 25.2 Å². The summed E-state index contributed by atoms with van der Waals surface area (Å²) in [6.45, 7) is 1.47. The molecule has 4 nitrogen and oxygen atoms in total. The molecule has 102 valence electrons. The van der Waals surface area contributed by atoms with E-state index in [0.717, 1.165) is 5.56 Å². The van der Waals surface area contributed by atoms with Gasteiger partial charge in [0.15, 0.2) is 0 Å². The molecule has 0 aliphatic heterocycles. The van der Waals surface area contributed by atoms with Crippen molar-refractivity contribution in [3.8, 4) is 6.07 Å². The highest BCUT2D eigenvalue weighted by atomic mass is 35.5. The van der Waals surface area contributed by atoms with Gasteiger partial charge in [0.25, 0.3) is 0 Å². The highest BCUT2D eigenvalue weighted by molar-refractivity contribution is 6.30. The van der Waals surface area contributed by atoms with Crippen LogP contribution in [0.25, 0.3) is 0 Å². The number of carbonyl (C=O) groups is 1. The van der Waals surface area contributed by atoms with Gasteiger partial charge >= 0.3 is 0 Å². The Bertz CT molecular complexity index is 470. The van der Waals surface area contributed by atoms with Crippen LogP contribution in [0.4, 0.5) is 0 Å². The van der Waals surface area contributed by atoms with Crippen molar-refractivity contribution in [2.75, 3.05) is 27.2 Å². The summed E-state index contributed by atoms with van der Waals surface area (Å²) < 4.78 is 0. The molecule has 0 aliphatic rings. The first-order chi connectivity index (χ1) is 9.02. The van der Waals surface area contributed by atoms with E-state index in [1.165, 1.54) is 0 Å². The first-order valence-corrected chi connectivity index (χ1v) is 6.44. The lowest BCUT2D eigenvalue weighted by molar-refractivity contribution is -0.130. The molecule has 0 spiro atoms. The minimum Gasteiger partial charge on any atom is -0.344 e. The molecule has 0 radical (unpaired) electrons. The molecule has 0 aliphatic carbocycles. The van der Waals surface area contributed by atoms with Gasteiger partial charge in [-0.05, 0) is 24.7 Å². The standard InChI is InChI=1S/C14H18ClN3O/c1-17(10-12-5-3-6-13(15)9-12)11-14(19)18(2)8-4-7-16/h3,5-6,9H,4,8,10-11H2,1-2H3. The Labute approximate surface area is 119 Å². The summed E-state index contributed by atoms with van der Waals surface area (Å²) in [7, 11) is 3.60. The summed E-state index contributed by atoms with van der Waals surface area (Å²) in [6, 6.07) is 9.62. The van der Waals surface area contributed by atoms with Crippen molar-refractivity contribution in [1.82, 2.24) is 9.80 Å². The van der Waals surface area contributed by atoms with Crippen molar-refractivity contribution in [3.63, 3.8) is 0 Å². The molecular formula is C14H18ClN3O. The fourth-order valence-electron chi connectivity index (χ4n) is 1.70. The van der Waals surface area contributed by atoms with Gasteiger partial charge in [-0.3, -0.25) is 9.69 Å². The molecule has 0 bridgehead atoms. The Morgan fingerprint density at radius 2 is 2.16 bits per heavy atom. The van der Waals surface area contributed by atoms with Crippen molar-refractivity contribution in [2.45, 2.75) is 13.0 Å². The van der Waals surface area contributed by atoms with Gasteiger partial charge in [-0.15, -0.1) is 0 Å². The minimum absolute atomic E-state index is 0.0137. The summed E-state index contributed by atoms with van der Waals surface area (Å²) in [5.41, 5.74) is 1.07. The Balaban J connectivity index is 2.44. The SMILES string of the molecule is CN(CC(=O)N(C)CCC#N)Cc1cccc(Cl)c1. The van der Waals surface area contributed by atoms with E-state index >= 15 is 0 Å². The monoisotopic (exact) mass is 279 g/mol. The fraction of sp³-hybridized carbons (Fsp3) is 0.429. The first kappa shape index (κ1) is 15.5. The Morgan fingerprint density at radius 1 is 1.42 bits per heavy atom. The van der Waals surface area contributed by atoms with Gasteiger partial charge in [-0.2, -0.15) is 5.26 Å². The highest BCUT2D eigenvalue weighted by Crippen LogP contribution is 2.12. The number of amides is 1. The van der Waals surface area contributed by atoms with Crippen LogP contribution in [0.15, 0.2) is 24.3 Å². The van der Waals surface area contributed by atoms with E-state index in [2.05, 4.69) is 0 Å². The third kappa shape index (κ3) is 5.73. The van der Waals surface area contributed by atoms with Crippen LogP contribution < -0.4 is 0 Å². The molecule has 5 heteroatoms. The van der Waals surface area contributed by atoms with Gasteiger partial charge in [-0.1, -0.05) is 23.7 Å². The molecule has 1 amide bonds. The van der Waals surface area contributed by atoms with E-state index < -0.39 is 0 Å². The Kier molecular flexibility index (Phi) is 6.34. The summed E-state index contributed by atoms with van der Waals surface area (Å²) in [4.78, 5) is 15.4. The van der Waals surface area contributed by atoms with E-state index in [-0.39, 0.29) is 5.91 Å². The normalized spacial score (nSPS) is 10.3. The van der Waals surface area contributed by atoms with Crippen molar-refractivity contribution in [2.24, 2.45) is 0 Å². The van der Waals surface area contributed by atoms with Gasteiger partial charge in [-0.25, -0.2) is 0 Å². The molecule has 1 aromatic carbocycles. The molecular weight excluding hydrogens is 262 g/mol. The third-order valence-electron chi connectivity index (χ3n) is 2.73. The van der Waals surface area contributed by atoms with E-state index in [1.807, 2.05) is 42.3 Å². The number of rotatable bonds is 6. The molecule has 0 N–H and O–H groups in total. The molecule has 0 unspecified atom stereocenters. The lowest BCUT2D eigenvalue weighted by atomic mass is 10.2. The van der Waals surface area contributed by atoms with Crippen molar-refractivity contribution < 1.29 is 4.79 Å². The van der Waals surface area contributed by atoms with Gasteiger partial charge < -0.3 is 4.90 Å². The summed E-state index contributed by atoms with van der Waals surface area (Å²) in [5, 5.41) is 9.19. The summed E-state index contributed by atoms with van der Waals surface area (Å²) in [5.74, 6) is 0.0137. The van der Waals surface area contributed by atoms with Crippen LogP contribution in [0, 0.1) is 11.3 Å². The molecule has 0 saturated heterocycles. The zero-order chi connectivity index (χ0) is 14.3. The lowest BCUT2D eigenvalue weighted by Crippen LogP contribution is -2.36. The summed E-state index contributed by atoms with van der Waals surface area (Å²) in [6.07, 6.45) is 0.361. The Morgan fingerprint density at radius 3 is 2.79 bits per heavy atom. The maximum absolute atomic E-state index is 11.9. The number of benzene rings is 1. The van der Waals surface area contributed by atoms with Crippen LogP contribution in [0.3, 0.4) is 0 Å². The molecule has 0 aromatic heterocycles. The van der Waals surface area contributed by atoms with Crippen LogP contribution in [0.2, 0.25) is 5.02 Å². The third-order valence-corrected chi connectivity index (χ3v) is 2.97. The van der Waals surface area contributed by atoms with Crippen molar-refractivity contribution in [3.05, 3.63) is 34.9 Å². The van der Waals surface area contributed by atoms with E-state index in [4.69, 9.17) is 16.9 Å². The number of hydrogen-bond acceptors (Lipinski definition) is 3. The maximum atomic E-state index is 11.9. The number of halogens is 1. The number of likely N-dealkylation sites (N-methyl/N-ethyl adjacent to an activating group) is 2. The minimum atomic E-state index is 0.0137. The number of hydrogen-bond donors (Lipinski definition) is 0. The first-order valence-electron chi connectivity index (χ1n) is 6.07. The zero-order valence-corrected chi connectivity index (χ0v) is 12.0. The molecule has 0 saturated carbocycles. The molecule has 19 heavy (non-hydrogen) atoms. The quantitative estimate of drug-likeness (QED) is 0.802. The van der Waals surface area contributed by atoms with Crippen molar-refractivity contribution >= 4 is 17.5 Å². The second kappa shape index (κ2) is 7.78. The van der Waals surface area contributed by atoms with Crippen LogP contribution in [-0.2, 0) is 11.3 Å². The predicted molar refractivity (Wildman–Crippen MR) is 75.7 cm³/mol. The molecule has 1 aromatic rings. The van der Waals surface area contributed by atoms with Crippen LogP contribution >= 0.6 is 11.6 Å². The van der Waals surface area contributed by atoms with Gasteiger partial charge in [0.2, 0.25) is 5.91 Å². The van der Waals surface area contributed by atoms with E-state index in [9.17, 15) is 4.79 Å². The smallest absolute Gasteiger partial charge is 0.236 e. The van der Waals surface area contributed by atoms with Crippen molar-refractivity contribution in [1.29, 1.82) is 5.26 Å². The van der Waals surface area contributed by atoms with Crippen LogP contribution in [-0.4, -0.2) is 42.9 Å². The number of carbonyl (C=O) groups excluding carboxylic acids is 1. The Hall–Kier alpha value is -1.57. The second-order valence-electron chi connectivity index (χ2n) is 4.53. The van der Waals surface area contributed by atoms with Gasteiger partial charge in [0.05, 0.1) is 19.0 Å². The average Bonchev–Trinajstić information content (AvgIpc) is 2.35. The van der Waals surface area contributed by atoms with Crippen LogP contribution in [0.1, 0.15) is 12.0 Å². The van der Waals surface area contributed by atoms with E-state index in [0.29, 0.717) is 31.1 Å². The van der Waals surface area contributed by atoms with Crippen LogP contribution in [0.5, 0.6) is 0 Å². The summed E-state index contributed by atoms with van der Waals surface area (Å²) >= 11 is 5.92. The molecule has 0 atom stereocenters. The molecule has 1 rings (SSSR count). The topological polar surface area (TPSA) is 47.3 Å². The average molecular weight is 280 g/mol. The molecule has 0 heterocycles. The zero-order valence-electron chi connectivity index (χ0n) is 11.3. The predicted octanol–water partition coefficient (Wildman–Crippen LogP) is 2.14. The second-order valence-corrected chi connectivity index (χ2v) is 4.96. The van der Waals surface area contributed by atoms with E-state index in [1.54, 1.807) is 11.9 Å². The lowest BCUT2D eigenvalue weighted by Gasteiger charge is -2.21. The van der Waals surface area contributed by atoms with Gasteiger partial charge in [0.1, 0.15) is 0 Å². The largest absolute Gasteiger partial charge is 0.344 e. The number of nitrogens with zero attached hydrogens (tertiary/aromatic N) is 3. The number of nitriles is 1. The fourth-order valence-corrected chi connectivity index (χ4v) is 1.91. The molecule has 0 fully saturated rings.